The van der Waals surface area contributed by atoms with Gasteiger partial charge in [0, 0.05) is 51.7 Å². The number of nitrogens with one attached hydrogen (secondary N) is 2. The van der Waals surface area contributed by atoms with Crippen molar-refractivity contribution in [2.75, 3.05) is 39.5 Å². The van der Waals surface area contributed by atoms with Gasteiger partial charge in [-0.05, 0) is 178 Å². The number of amides is 7. The maximum absolute atomic E-state index is 14.2. The molecule has 0 radical (unpaired) electrons. The van der Waals surface area contributed by atoms with Crippen LogP contribution in [0.1, 0.15) is 233 Å². The largest absolute Gasteiger partial charge is 0.481 e. The van der Waals surface area contributed by atoms with Crippen LogP contribution in [0.4, 0.5) is 88.6 Å². The fraction of sp³-hybridized carbons (Fsp3) is 0.427. The zero-order valence-corrected chi connectivity index (χ0v) is 78.7. The Balaban J connectivity index is 0.000000189. The second kappa shape index (κ2) is 45.4. The quantitative estimate of drug-likeness (QED) is 0.0179. The molecule has 25 nitrogen and oxygen atoms in total. The Morgan fingerprint density at radius 1 is 0.370 bits per heavy atom. The third-order valence-electron chi connectivity index (χ3n) is 27.2. The number of ether oxygens (including phenoxy) is 6. The topological polar surface area (TPSA) is 321 Å². The van der Waals surface area contributed by atoms with Gasteiger partial charge in [-0.25, -0.2) is 9.59 Å². The highest BCUT2D eigenvalue weighted by Gasteiger charge is 2.61. The summed E-state index contributed by atoms with van der Waals surface area (Å²) in [5.74, 6) is -5.56. The molecule has 0 aromatic heterocycles. The number of cyclic esters (lactones) is 2. The van der Waals surface area contributed by atoms with Crippen LogP contribution in [-0.2, 0) is 138 Å². The van der Waals surface area contributed by atoms with Gasteiger partial charge in [0.2, 0.25) is 29.5 Å². The molecule has 7 aliphatic heterocycles. The maximum Gasteiger partial charge on any atom is 0.416 e. The molecule has 8 aromatic carbocycles. The van der Waals surface area contributed by atoms with Crippen LogP contribution in [0.25, 0.3) is 0 Å². The van der Waals surface area contributed by atoms with E-state index in [1.807, 2.05) is 6.07 Å². The third-order valence-corrected chi connectivity index (χ3v) is 27.2. The first-order valence-electron chi connectivity index (χ1n) is 46.3. The van der Waals surface area contributed by atoms with Gasteiger partial charge < -0.3 is 49.3 Å². The molecule has 0 bridgehead atoms. The molecule has 0 saturated carbocycles. The molecule has 7 saturated heterocycles. The minimum atomic E-state index is -5.08. The van der Waals surface area contributed by atoms with Crippen LogP contribution in [-0.4, -0.2) is 151 Å². The Bertz CT molecular complexity index is 5900. The molecule has 7 fully saturated rings. The number of imide groups is 2. The van der Waals surface area contributed by atoms with Gasteiger partial charge in [-0.15, -0.1) is 0 Å². The van der Waals surface area contributed by atoms with E-state index in [2.05, 4.69) is 15.4 Å². The number of rotatable bonds is 25. The molecule has 3 spiro atoms. The van der Waals surface area contributed by atoms with Crippen molar-refractivity contribution in [3.63, 3.8) is 0 Å². The average molecular weight is 2070 g/mol. The first-order chi connectivity index (χ1) is 68.5. The molecule has 784 valence electrons. The van der Waals surface area contributed by atoms with Gasteiger partial charge in [0.25, 0.3) is 0 Å². The maximum atomic E-state index is 14.2. The summed E-state index contributed by atoms with van der Waals surface area (Å²) < 4.78 is 278. The number of carbonyl (C=O) groups excluding carboxylic acids is 9. The van der Waals surface area contributed by atoms with E-state index in [-0.39, 0.29) is 146 Å². The van der Waals surface area contributed by atoms with Crippen molar-refractivity contribution in [3.8, 4) is 0 Å². The van der Waals surface area contributed by atoms with E-state index in [0.29, 0.717) is 85.2 Å². The van der Waals surface area contributed by atoms with Crippen LogP contribution in [0.5, 0.6) is 0 Å². The highest BCUT2D eigenvalue weighted by molar-refractivity contribution is 6.00. The molecule has 9 atom stereocenters. The molecular weight excluding hydrogens is 1970 g/mol. The summed E-state index contributed by atoms with van der Waals surface area (Å²) >= 11 is 0. The molecule has 15 rings (SSSR count). The molecular formula is C103H102F18N6O19. The number of carbonyl (C=O) groups is 11. The number of piperidine rings is 3. The van der Waals surface area contributed by atoms with Gasteiger partial charge in [-0.2, -0.15) is 79.0 Å². The molecule has 7 aliphatic rings. The van der Waals surface area contributed by atoms with Crippen molar-refractivity contribution in [2.45, 2.75) is 238 Å². The van der Waals surface area contributed by atoms with Crippen molar-refractivity contribution < 1.29 is 170 Å². The van der Waals surface area contributed by atoms with E-state index >= 15 is 0 Å². The Labute approximate surface area is 824 Å². The van der Waals surface area contributed by atoms with E-state index in [1.54, 1.807) is 146 Å². The molecule has 4 N–H and O–H groups in total. The molecule has 146 heavy (non-hydrogen) atoms. The zero-order valence-electron chi connectivity index (χ0n) is 78.7. The van der Waals surface area contributed by atoms with Gasteiger partial charge in [-0.1, -0.05) is 152 Å². The number of hydrogen-bond acceptors (Lipinski definition) is 18. The van der Waals surface area contributed by atoms with Crippen LogP contribution < -0.4 is 10.6 Å². The van der Waals surface area contributed by atoms with Crippen molar-refractivity contribution >= 4 is 65.6 Å². The molecule has 8 aromatic rings. The number of hydrogen-bond donors (Lipinski definition) is 4. The lowest BCUT2D eigenvalue weighted by molar-refractivity contribution is -0.155. The number of esters is 2. The molecule has 0 aliphatic carbocycles. The predicted octanol–water partition coefficient (Wildman–Crippen LogP) is 21.3. The lowest BCUT2D eigenvalue weighted by Gasteiger charge is -2.54. The lowest BCUT2D eigenvalue weighted by Crippen LogP contribution is -2.66. The normalized spacial score (nSPS) is 22.4. The Kier molecular flexibility index (Phi) is 34.6. The summed E-state index contributed by atoms with van der Waals surface area (Å²) in [7, 11) is 0. The number of likely N-dealkylation sites (tertiary alicyclic amines) is 4. The van der Waals surface area contributed by atoms with Gasteiger partial charge in [0.15, 0.2) is 0 Å². The number of carboxylic acids is 2. The fourth-order valence-electron chi connectivity index (χ4n) is 19.2. The van der Waals surface area contributed by atoms with E-state index in [4.69, 9.17) is 28.8 Å². The fourth-order valence-corrected chi connectivity index (χ4v) is 19.2. The molecule has 0 unspecified atom stereocenters. The Morgan fingerprint density at radius 3 is 1.03 bits per heavy atom. The van der Waals surface area contributed by atoms with E-state index in [9.17, 15) is 137 Å². The number of nitrogens with zero attached hydrogens (tertiary/aromatic N) is 4. The van der Waals surface area contributed by atoms with Crippen molar-refractivity contribution in [1.29, 1.82) is 0 Å². The van der Waals surface area contributed by atoms with Crippen molar-refractivity contribution in [2.24, 2.45) is 0 Å². The summed E-state index contributed by atoms with van der Waals surface area (Å²) in [5, 5.41) is 24.5. The highest BCUT2D eigenvalue weighted by Crippen LogP contribution is 2.53. The van der Waals surface area contributed by atoms with Crippen molar-refractivity contribution in [3.05, 3.63) is 284 Å². The standard InChI is InChI=1S/C37H36F6N2O7.C33H32F6N2O4.C29H30F6N2O5.C4H4O3/c1-24(26-18-28(36(38,39)40)20-29(19-26)37(41,42)43)52-23-35(27-10-6-3-7-11-27)17-16-34(15-14-31(47)45(34)30(46)12-13-32(48)49)22-44(35)33(50)51-21-25-8-4-2-5-9-25;1-22(24-16-26(32(34,35)36)18-27(17-24)33(37,38)39)45-21-31(25-10-6-3-7-11-25)15-14-30(13-12-28(42)40-30)20-41(31)29(43)44-19-23-8-4-2-5-9-23;1-18(19-13-21(28(30,31)32)15-22(14-19)29(33,34)35)42-17-27(20-5-3-2-4-6-20)12-11-26(16-36-27)10-9-24(39)37(26)23(38)7-8-25(40)41;5-3-1-2-4(6)7-3/h2-11,18-20,24H,12-17,21-23H2,1H3,(H,48,49);2-11,16-18,22H,12-15,19-21H2,1H3,(H,40,42);2-6,13-15,18,36H,7-12,16-17H2,1H3,(H,40,41);1-2H2/t24-,34-,35-;22-,30-,31-;18-,26-,27-;/m111./s1. The number of benzene rings is 8. The van der Waals surface area contributed by atoms with Gasteiger partial charge in [0.1, 0.15) is 13.2 Å². The van der Waals surface area contributed by atoms with E-state index in [1.165, 1.54) is 30.6 Å². The minimum Gasteiger partial charge on any atom is -0.481 e. The second-order valence-electron chi connectivity index (χ2n) is 36.9. The summed E-state index contributed by atoms with van der Waals surface area (Å²) in [6.45, 7) is 2.96. The number of aliphatic carboxylic acids is 2. The van der Waals surface area contributed by atoms with E-state index < -0.39 is 213 Å². The number of halogens is 18. The lowest BCUT2D eigenvalue weighted by atomic mass is 9.73. The van der Waals surface area contributed by atoms with Crippen LogP contribution in [0.3, 0.4) is 0 Å². The molecule has 7 amide bonds. The van der Waals surface area contributed by atoms with Gasteiger partial charge >= 0.3 is 73.1 Å². The molecule has 43 heteroatoms. The summed E-state index contributed by atoms with van der Waals surface area (Å²) in [6.07, 6.45) is -33.7. The Morgan fingerprint density at radius 2 is 0.699 bits per heavy atom. The third kappa shape index (κ3) is 27.1. The summed E-state index contributed by atoms with van der Waals surface area (Å²) in [5.41, 5.74) is -12.9. The van der Waals surface area contributed by atoms with Crippen molar-refractivity contribution in [1.82, 2.24) is 30.2 Å². The van der Waals surface area contributed by atoms with Crippen LogP contribution in [0.15, 0.2) is 206 Å². The highest BCUT2D eigenvalue weighted by atomic mass is 19.4. The zero-order chi connectivity index (χ0) is 107. The summed E-state index contributed by atoms with van der Waals surface area (Å²) in [4.78, 5) is 140. The van der Waals surface area contributed by atoms with Crippen LogP contribution >= 0.6 is 0 Å². The minimum absolute atomic E-state index is 0.0244. The van der Waals surface area contributed by atoms with E-state index in [0.717, 1.165) is 20.9 Å². The average Bonchev–Trinajstić information content (AvgIpc) is 1.38. The second-order valence-corrected chi connectivity index (χ2v) is 36.9. The Hall–Kier alpha value is -13.3. The molecule has 7 heterocycles. The predicted molar refractivity (Wildman–Crippen MR) is 481 cm³/mol. The first kappa shape index (κ1) is 111. The van der Waals surface area contributed by atoms with Gasteiger partial charge in [0.05, 0.1) is 130 Å². The monoisotopic (exact) mass is 2070 g/mol. The first-order valence-corrected chi connectivity index (χ1v) is 46.3. The van der Waals surface area contributed by atoms with Crippen LogP contribution in [0, 0.1) is 0 Å². The number of alkyl halides is 18. The van der Waals surface area contributed by atoms with Crippen LogP contribution in [0.2, 0.25) is 0 Å². The SMILES string of the molecule is C[C@@H](OC[C@@]1(c2ccccc2)CC[C@]2(CCC(=O)N2)CN1C(=O)OCc1ccccc1)c1cc(C(F)(F)F)cc(C(F)(F)F)c1.C[C@@H](OC[C@@]1(c2ccccc2)CC[C@]2(CCC(=O)N2C(=O)CCC(=O)O)CN1)c1cc(C(F)(F)F)cc(C(F)(F)F)c1.C[C@@H](OC[C@@]1(c2ccccc2)CC[C@]2(CCC(=O)N2C(=O)CCC(=O)O)CN1C(=O)OCc1ccccc1)c1cc(C(F)(F)F)cc(C(F)(F)F)c1.O=C1CCC(=O)O1. The summed E-state index contributed by atoms with van der Waals surface area (Å²) in [6, 6.07) is 47.9. The number of carboxylic acid groups (broad SMARTS) is 2. The van der Waals surface area contributed by atoms with Gasteiger partial charge in [-0.3, -0.25) is 62.8 Å². The smallest absolute Gasteiger partial charge is 0.416 e.